The van der Waals surface area contributed by atoms with Crippen molar-refractivity contribution in [3.63, 3.8) is 0 Å². The van der Waals surface area contributed by atoms with Crippen LogP contribution < -0.4 is 4.90 Å². The Labute approximate surface area is 145 Å². The van der Waals surface area contributed by atoms with Crippen molar-refractivity contribution in [1.82, 2.24) is 24.5 Å². The SMILES string of the molecule is CCc1cc(N2CCC[C@@H]2C(=O)N2CCSCC2)n2ncnc2n1. The predicted molar refractivity (Wildman–Crippen MR) is 94.4 cm³/mol. The predicted octanol–water partition coefficient (Wildman–Crippen LogP) is 1.23. The molecule has 24 heavy (non-hydrogen) atoms. The topological polar surface area (TPSA) is 66.6 Å². The van der Waals surface area contributed by atoms with E-state index in [9.17, 15) is 4.79 Å². The van der Waals surface area contributed by atoms with E-state index in [4.69, 9.17) is 0 Å². The van der Waals surface area contributed by atoms with Gasteiger partial charge in [-0.1, -0.05) is 6.92 Å². The zero-order valence-corrected chi connectivity index (χ0v) is 14.7. The summed E-state index contributed by atoms with van der Waals surface area (Å²) in [6, 6.07) is 1.96. The summed E-state index contributed by atoms with van der Waals surface area (Å²) in [6.45, 7) is 4.68. The molecule has 1 amide bonds. The number of aromatic nitrogens is 4. The molecule has 2 fully saturated rings. The quantitative estimate of drug-likeness (QED) is 0.833. The van der Waals surface area contributed by atoms with E-state index in [0.717, 1.165) is 61.9 Å². The Morgan fingerprint density at radius 2 is 2.17 bits per heavy atom. The molecule has 0 radical (unpaired) electrons. The summed E-state index contributed by atoms with van der Waals surface area (Å²) in [5.41, 5.74) is 0.984. The van der Waals surface area contributed by atoms with Gasteiger partial charge >= 0.3 is 0 Å². The molecule has 0 bridgehead atoms. The summed E-state index contributed by atoms with van der Waals surface area (Å²) in [5.74, 6) is 3.89. The summed E-state index contributed by atoms with van der Waals surface area (Å²) in [6.07, 6.45) is 4.30. The molecule has 4 rings (SSSR count). The van der Waals surface area contributed by atoms with Crippen LogP contribution in [0, 0.1) is 0 Å². The zero-order chi connectivity index (χ0) is 16.5. The number of amides is 1. The first-order chi connectivity index (χ1) is 11.8. The van der Waals surface area contributed by atoms with E-state index >= 15 is 0 Å². The molecule has 0 saturated carbocycles. The number of anilines is 1. The molecule has 8 heteroatoms. The number of fused-ring (bicyclic) bond motifs is 1. The number of thioether (sulfide) groups is 1. The Bertz CT molecular complexity index is 741. The third-order valence-electron chi connectivity index (χ3n) is 4.80. The lowest BCUT2D eigenvalue weighted by atomic mass is 10.2. The monoisotopic (exact) mass is 346 g/mol. The highest BCUT2D eigenvalue weighted by Crippen LogP contribution is 2.28. The van der Waals surface area contributed by atoms with Gasteiger partial charge in [-0.25, -0.2) is 4.98 Å². The van der Waals surface area contributed by atoms with Crippen molar-refractivity contribution in [2.75, 3.05) is 36.0 Å². The van der Waals surface area contributed by atoms with E-state index in [0.29, 0.717) is 5.78 Å². The van der Waals surface area contributed by atoms with Crippen molar-refractivity contribution in [1.29, 1.82) is 0 Å². The van der Waals surface area contributed by atoms with E-state index in [1.54, 1.807) is 4.52 Å². The molecule has 0 aliphatic carbocycles. The van der Waals surface area contributed by atoms with E-state index in [-0.39, 0.29) is 11.9 Å². The minimum atomic E-state index is -0.0902. The molecule has 0 aromatic carbocycles. The number of rotatable bonds is 3. The van der Waals surface area contributed by atoms with Crippen molar-refractivity contribution in [3.05, 3.63) is 18.1 Å². The fourth-order valence-corrected chi connectivity index (χ4v) is 4.43. The van der Waals surface area contributed by atoms with E-state index in [1.165, 1.54) is 6.33 Å². The first-order valence-corrected chi connectivity index (χ1v) is 9.76. The average molecular weight is 346 g/mol. The van der Waals surface area contributed by atoms with Crippen LogP contribution in [0.1, 0.15) is 25.5 Å². The van der Waals surface area contributed by atoms with Crippen LogP contribution in [0.5, 0.6) is 0 Å². The number of aryl methyl sites for hydroxylation is 1. The number of hydrogen-bond acceptors (Lipinski definition) is 6. The molecule has 0 N–H and O–H groups in total. The maximum Gasteiger partial charge on any atom is 0.254 e. The summed E-state index contributed by atoms with van der Waals surface area (Å²) < 4.78 is 1.76. The van der Waals surface area contributed by atoms with Gasteiger partial charge in [0.15, 0.2) is 0 Å². The molecule has 2 aromatic heterocycles. The van der Waals surface area contributed by atoms with Gasteiger partial charge in [0.25, 0.3) is 5.78 Å². The lowest BCUT2D eigenvalue weighted by Gasteiger charge is -2.33. The standard InChI is InChI=1S/C16H22N6OS/c1-2-12-10-14(22-16(19-12)17-11-18-22)21-5-3-4-13(21)15(23)20-6-8-24-9-7-20/h10-11,13H,2-9H2,1H3/t13-/m1/s1. The van der Waals surface area contributed by atoms with Crippen LogP contribution in [0.15, 0.2) is 12.4 Å². The van der Waals surface area contributed by atoms with Gasteiger partial charge in [-0.15, -0.1) is 0 Å². The van der Waals surface area contributed by atoms with Gasteiger partial charge in [0, 0.05) is 42.9 Å². The van der Waals surface area contributed by atoms with Gasteiger partial charge in [0.2, 0.25) is 5.91 Å². The normalized spacial score (nSPS) is 21.6. The van der Waals surface area contributed by atoms with Gasteiger partial charge in [0.05, 0.1) is 0 Å². The Hall–Kier alpha value is -1.83. The Morgan fingerprint density at radius 1 is 1.33 bits per heavy atom. The summed E-state index contributed by atoms with van der Waals surface area (Å²) in [5, 5.41) is 4.32. The highest BCUT2D eigenvalue weighted by molar-refractivity contribution is 7.99. The minimum Gasteiger partial charge on any atom is -0.344 e. The molecule has 7 nitrogen and oxygen atoms in total. The smallest absolute Gasteiger partial charge is 0.254 e. The molecule has 4 heterocycles. The van der Waals surface area contributed by atoms with Crippen LogP contribution in [-0.2, 0) is 11.2 Å². The van der Waals surface area contributed by atoms with Crippen molar-refractivity contribution in [2.24, 2.45) is 0 Å². The molecular weight excluding hydrogens is 324 g/mol. The molecule has 0 unspecified atom stereocenters. The van der Waals surface area contributed by atoms with Gasteiger partial charge in [-0.3, -0.25) is 4.79 Å². The molecule has 128 valence electrons. The van der Waals surface area contributed by atoms with Crippen molar-refractivity contribution in [3.8, 4) is 0 Å². The van der Waals surface area contributed by atoms with Crippen molar-refractivity contribution >= 4 is 29.3 Å². The van der Waals surface area contributed by atoms with Crippen LogP contribution in [-0.4, -0.2) is 67.6 Å². The fourth-order valence-electron chi connectivity index (χ4n) is 3.52. The van der Waals surface area contributed by atoms with E-state index < -0.39 is 0 Å². The van der Waals surface area contributed by atoms with Crippen LogP contribution in [0.25, 0.3) is 5.78 Å². The highest BCUT2D eigenvalue weighted by Gasteiger charge is 2.35. The van der Waals surface area contributed by atoms with Crippen LogP contribution in [0.2, 0.25) is 0 Å². The molecule has 2 aliphatic rings. The summed E-state index contributed by atoms with van der Waals surface area (Å²) in [7, 11) is 0. The third-order valence-corrected chi connectivity index (χ3v) is 5.75. The maximum absolute atomic E-state index is 13.0. The van der Waals surface area contributed by atoms with Gasteiger partial charge in [-0.05, 0) is 19.3 Å². The largest absolute Gasteiger partial charge is 0.344 e. The average Bonchev–Trinajstić information content (AvgIpc) is 3.30. The van der Waals surface area contributed by atoms with Gasteiger partial charge < -0.3 is 9.80 Å². The first-order valence-electron chi connectivity index (χ1n) is 8.60. The molecule has 2 aliphatic heterocycles. The zero-order valence-electron chi connectivity index (χ0n) is 13.9. The Morgan fingerprint density at radius 3 is 2.96 bits per heavy atom. The molecule has 1 atom stereocenters. The number of nitrogens with zero attached hydrogens (tertiary/aromatic N) is 6. The number of hydrogen-bond donors (Lipinski definition) is 0. The highest BCUT2D eigenvalue weighted by atomic mass is 32.2. The second-order valence-corrected chi connectivity index (χ2v) is 7.44. The van der Waals surface area contributed by atoms with Gasteiger partial charge in [-0.2, -0.15) is 26.4 Å². The number of carbonyl (C=O) groups is 1. The summed E-state index contributed by atoms with van der Waals surface area (Å²) >= 11 is 1.93. The van der Waals surface area contributed by atoms with Gasteiger partial charge in [0.1, 0.15) is 18.2 Å². The number of carbonyl (C=O) groups excluding carboxylic acids is 1. The third kappa shape index (κ3) is 2.72. The molecular formula is C16H22N6OS. The summed E-state index contributed by atoms with van der Waals surface area (Å²) in [4.78, 5) is 26.0. The van der Waals surface area contributed by atoms with E-state index in [2.05, 4.69) is 33.0 Å². The Balaban J connectivity index is 1.67. The fraction of sp³-hybridized carbons (Fsp3) is 0.625. The van der Waals surface area contributed by atoms with Crippen molar-refractivity contribution < 1.29 is 4.79 Å². The molecule has 2 aromatic rings. The lowest BCUT2D eigenvalue weighted by Crippen LogP contribution is -2.49. The minimum absolute atomic E-state index is 0.0902. The Kier molecular flexibility index (Phi) is 4.30. The molecule has 0 spiro atoms. The van der Waals surface area contributed by atoms with Crippen LogP contribution in [0.3, 0.4) is 0 Å². The van der Waals surface area contributed by atoms with Crippen LogP contribution >= 0.6 is 11.8 Å². The second-order valence-electron chi connectivity index (χ2n) is 6.22. The molecule has 2 saturated heterocycles. The van der Waals surface area contributed by atoms with Crippen LogP contribution in [0.4, 0.5) is 5.82 Å². The first kappa shape index (κ1) is 15.7. The second kappa shape index (κ2) is 6.58. The van der Waals surface area contributed by atoms with E-state index in [1.807, 2.05) is 16.7 Å². The maximum atomic E-state index is 13.0. The lowest BCUT2D eigenvalue weighted by molar-refractivity contribution is -0.132. The van der Waals surface area contributed by atoms with Crippen molar-refractivity contribution in [2.45, 2.75) is 32.2 Å².